The van der Waals surface area contributed by atoms with E-state index in [0.717, 1.165) is 0 Å². The summed E-state index contributed by atoms with van der Waals surface area (Å²) in [4.78, 5) is 17.5. The Bertz CT molecular complexity index is 374. The molecule has 1 aromatic rings. The molecule has 0 fully saturated rings. The SMILES string of the molecule is CCOC(=O)c1[nH]c(=S)ncc1N. The molecule has 1 rings (SSSR count). The molecule has 0 unspecified atom stereocenters. The van der Waals surface area contributed by atoms with Crippen LogP contribution in [-0.4, -0.2) is 22.5 Å². The summed E-state index contributed by atoms with van der Waals surface area (Å²) in [5, 5.41) is 0. The largest absolute Gasteiger partial charge is 0.461 e. The van der Waals surface area contributed by atoms with Crippen molar-refractivity contribution < 1.29 is 9.53 Å². The van der Waals surface area contributed by atoms with Gasteiger partial charge in [-0.1, -0.05) is 0 Å². The Morgan fingerprint density at radius 3 is 3.15 bits per heavy atom. The van der Waals surface area contributed by atoms with E-state index in [9.17, 15) is 4.79 Å². The second-order valence-electron chi connectivity index (χ2n) is 2.24. The van der Waals surface area contributed by atoms with Crippen molar-refractivity contribution in [3.8, 4) is 0 Å². The molecule has 0 atom stereocenters. The molecule has 0 bridgehead atoms. The van der Waals surface area contributed by atoms with Crippen molar-refractivity contribution in [2.75, 3.05) is 12.3 Å². The third-order valence-electron chi connectivity index (χ3n) is 1.32. The fourth-order valence-electron chi connectivity index (χ4n) is 0.776. The van der Waals surface area contributed by atoms with Crippen LogP contribution in [0.25, 0.3) is 0 Å². The van der Waals surface area contributed by atoms with Crippen molar-refractivity contribution in [1.29, 1.82) is 0 Å². The van der Waals surface area contributed by atoms with Crippen molar-refractivity contribution in [2.24, 2.45) is 0 Å². The first-order chi connectivity index (χ1) is 6.15. The molecule has 0 aliphatic carbocycles. The summed E-state index contributed by atoms with van der Waals surface area (Å²) in [5.74, 6) is -0.520. The van der Waals surface area contributed by atoms with E-state index in [1.807, 2.05) is 0 Å². The predicted molar refractivity (Wildman–Crippen MR) is 49.8 cm³/mol. The molecule has 5 nitrogen and oxygen atoms in total. The molecule has 0 radical (unpaired) electrons. The highest BCUT2D eigenvalue weighted by Gasteiger charge is 2.10. The topological polar surface area (TPSA) is 81.0 Å². The van der Waals surface area contributed by atoms with Gasteiger partial charge in [0.05, 0.1) is 18.5 Å². The average molecular weight is 199 g/mol. The standard InChI is InChI=1S/C7H9N3O2S/c1-2-12-6(11)5-4(8)3-9-7(13)10-5/h3H,2,8H2,1H3,(H,9,10,13). The molecule has 70 valence electrons. The zero-order valence-corrected chi connectivity index (χ0v) is 7.85. The van der Waals surface area contributed by atoms with Gasteiger partial charge in [0.25, 0.3) is 0 Å². The minimum absolute atomic E-state index is 0.154. The maximum Gasteiger partial charge on any atom is 0.357 e. The zero-order chi connectivity index (χ0) is 9.84. The van der Waals surface area contributed by atoms with Crippen LogP contribution in [0.15, 0.2) is 6.20 Å². The lowest BCUT2D eigenvalue weighted by Gasteiger charge is -2.03. The van der Waals surface area contributed by atoms with Crippen molar-refractivity contribution in [3.05, 3.63) is 16.7 Å². The van der Waals surface area contributed by atoms with Crippen LogP contribution in [0.4, 0.5) is 5.69 Å². The molecule has 0 aromatic carbocycles. The highest BCUT2D eigenvalue weighted by Crippen LogP contribution is 2.07. The highest BCUT2D eigenvalue weighted by atomic mass is 32.1. The number of esters is 1. The number of hydrogen-bond donors (Lipinski definition) is 2. The van der Waals surface area contributed by atoms with Gasteiger partial charge < -0.3 is 15.5 Å². The second-order valence-corrected chi connectivity index (χ2v) is 2.63. The van der Waals surface area contributed by atoms with Gasteiger partial charge in [0.1, 0.15) is 0 Å². The van der Waals surface area contributed by atoms with Gasteiger partial charge in [0.2, 0.25) is 0 Å². The van der Waals surface area contributed by atoms with Gasteiger partial charge in [-0.2, -0.15) is 0 Å². The lowest BCUT2D eigenvalue weighted by Crippen LogP contribution is -2.11. The Kier molecular flexibility index (Phi) is 2.97. The number of carbonyl (C=O) groups is 1. The average Bonchev–Trinajstić information content (AvgIpc) is 2.09. The number of H-pyrrole nitrogens is 1. The number of nitrogen functional groups attached to an aromatic ring is 1. The van der Waals surface area contributed by atoms with Gasteiger partial charge in [-0.25, -0.2) is 9.78 Å². The summed E-state index contributed by atoms with van der Waals surface area (Å²) in [5.41, 5.74) is 5.86. The Morgan fingerprint density at radius 2 is 2.54 bits per heavy atom. The molecule has 0 aliphatic heterocycles. The number of nitrogens with one attached hydrogen (secondary N) is 1. The van der Waals surface area contributed by atoms with Crippen molar-refractivity contribution in [3.63, 3.8) is 0 Å². The number of nitrogens with two attached hydrogens (primary N) is 1. The smallest absolute Gasteiger partial charge is 0.357 e. The van der Waals surface area contributed by atoms with E-state index < -0.39 is 5.97 Å². The summed E-state index contributed by atoms with van der Waals surface area (Å²) in [7, 11) is 0. The molecule has 3 N–H and O–H groups in total. The van der Waals surface area contributed by atoms with E-state index in [2.05, 4.69) is 9.97 Å². The lowest BCUT2D eigenvalue weighted by molar-refractivity contribution is 0.0520. The highest BCUT2D eigenvalue weighted by molar-refractivity contribution is 7.71. The van der Waals surface area contributed by atoms with Gasteiger partial charge in [0.15, 0.2) is 10.5 Å². The number of aromatic amines is 1. The van der Waals surface area contributed by atoms with E-state index in [4.69, 9.17) is 22.7 Å². The van der Waals surface area contributed by atoms with E-state index in [0.29, 0.717) is 6.61 Å². The molecule has 0 aliphatic rings. The Labute approximate surface area is 79.9 Å². The number of hydrogen-bond acceptors (Lipinski definition) is 5. The summed E-state index contributed by atoms with van der Waals surface area (Å²) in [6.45, 7) is 2.01. The van der Waals surface area contributed by atoms with Gasteiger partial charge in [-0.15, -0.1) is 0 Å². The molecule has 1 heterocycles. The van der Waals surface area contributed by atoms with Gasteiger partial charge in [0, 0.05) is 0 Å². The summed E-state index contributed by atoms with van der Waals surface area (Å²) < 4.78 is 4.95. The fraction of sp³-hybridized carbons (Fsp3) is 0.286. The minimum Gasteiger partial charge on any atom is -0.461 e. The lowest BCUT2D eigenvalue weighted by atomic mass is 10.3. The number of nitrogens with zero attached hydrogens (tertiary/aromatic N) is 1. The summed E-state index contributed by atoms with van der Waals surface area (Å²) in [6, 6.07) is 0. The summed E-state index contributed by atoms with van der Waals surface area (Å²) >= 11 is 4.73. The minimum atomic E-state index is -0.520. The van der Waals surface area contributed by atoms with Crippen LogP contribution in [0.5, 0.6) is 0 Å². The van der Waals surface area contributed by atoms with Crippen LogP contribution in [0, 0.1) is 4.77 Å². The van der Waals surface area contributed by atoms with E-state index in [-0.39, 0.29) is 16.2 Å². The van der Waals surface area contributed by atoms with Crippen LogP contribution >= 0.6 is 12.2 Å². The summed E-state index contributed by atoms with van der Waals surface area (Å²) in [6.07, 6.45) is 1.32. The number of ether oxygens (including phenoxy) is 1. The maximum atomic E-state index is 11.2. The second kappa shape index (κ2) is 3.99. The van der Waals surface area contributed by atoms with Crippen LogP contribution in [-0.2, 0) is 4.74 Å². The maximum absolute atomic E-state index is 11.2. The number of anilines is 1. The van der Waals surface area contributed by atoms with E-state index in [1.54, 1.807) is 6.92 Å². The molecule has 0 spiro atoms. The molecule has 0 saturated heterocycles. The fourth-order valence-corrected chi connectivity index (χ4v) is 0.931. The Morgan fingerprint density at radius 1 is 1.85 bits per heavy atom. The first-order valence-electron chi connectivity index (χ1n) is 3.67. The first-order valence-corrected chi connectivity index (χ1v) is 4.08. The molecule has 1 aromatic heterocycles. The normalized spacial score (nSPS) is 9.62. The quantitative estimate of drug-likeness (QED) is 0.546. The van der Waals surface area contributed by atoms with Crippen LogP contribution < -0.4 is 5.73 Å². The van der Waals surface area contributed by atoms with Crippen molar-refractivity contribution >= 4 is 23.9 Å². The molecular weight excluding hydrogens is 190 g/mol. The molecule has 6 heteroatoms. The molecule has 13 heavy (non-hydrogen) atoms. The Balaban J connectivity index is 3.06. The first kappa shape index (κ1) is 9.66. The van der Waals surface area contributed by atoms with Gasteiger partial charge >= 0.3 is 5.97 Å². The van der Waals surface area contributed by atoms with Crippen LogP contribution in [0.1, 0.15) is 17.4 Å². The molecule has 0 saturated carbocycles. The molecular formula is C7H9N3O2S. The number of carbonyl (C=O) groups excluding carboxylic acids is 1. The third-order valence-corrected chi connectivity index (χ3v) is 1.53. The van der Waals surface area contributed by atoms with E-state index in [1.165, 1.54) is 6.20 Å². The number of aromatic nitrogens is 2. The van der Waals surface area contributed by atoms with Crippen molar-refractivity contribution in [2.45, 2.75) is 6.92 Å². The van der Waals surface area contributed by atoms with Gasteiger partial charge in [-0.3, -0.25) is 0 Å². The third kappa shape index (κ3) is 2.25. The number of rotatable bonds is 2. The van der Waals surface area contributed by atoms with Crippen molar-refractivity contribution in [1.82, 2.24) is 9.97 Å². The van der Waals surface area contributed by atoms with Crippen LogP contribution in [0.3, 0.4) is 0 Å². The predicted octanol–water partition coefficient (Wildman–Crippen LogP) is 0.898. The van der Waals surface area contributed by atoms with E-state index >= 15 is 0 Å². The monoisotopic (exact) mass is 199 g/mol. The Hall–Kier alpha value is -1.43. The zero-order valence-electron chi connectivity index (χ0n) is 7.03. The van der Waals surface area contributed by atoms with Crippen LogP contribution in [0.2, 0.25) is 0 Å². The molecule has 0 amide bonds. The van der Waals surface area contributed by atoms with Gasteiger partial charge in [-0.05, 0) is 19.1 Å².